The maximum atomic E-state index is 8.53. The van der Waals surface area contributed by atoms with Crippen molar-refractivity contribution in [1.29, 1.82) is 10.7 Å². The molecule has 0 atom stereocenters. The largest absolute Gasteiger partial charge is 0.404 e. The van der Waals surface area contributed by atoms with Gasteiger partial charge in [0, 0.05) is 37.8 Å². The first-order valence-corrected chi connectivity index (χ1v) is 5.15. The third-order valence-electron chi connectivity index (χ3n) is 1.50. The predicted molar refractivity (Wildman–Crippen MR) is 70.1 cm³/mol. The molecule has 0 heterocycles. The van der Waals surface area contributed by atoms with Crippen LogP contribution in [0, 0.1) is 16.7 Å². The number of aliphatic imine (C=N–C) groups is 1. The van der Waals surface area contributed by atoms with Crippen LogP contribution in [0.15, 0.2) is 28.5 Å². The van der Waals surface area contributed by atoms with Crippen LogP contribution in [-0.4, -0.2) is 23.5 Å². The van der Waals surface area contributed by atoms with Crippen LogP contribution in [0.3, 0.4) is 0 Å². The second kappa shape index (κ2) is 7.99. The number of nitrogens with two attached hydrogens (primary N) is 1. The molecule has 0 radical (unpaired) electrons. The average Bonchev–Trinajstić information content (AvgIpc) is 2.28. The highest BCUT2D eigenvalue weighted by atomic mass is 127. The molecule has 0 bridgehead atoms. The molecule has 0 unspecified atom stereocenters. The smallest absolute Gasteiger partial charge is 0.102 e. The minimum atomic E-state index is 0.259. The van der Waals surface area contributed by atoms with Crippen molar-refractivity contribution in [3.63, 3.8) is 0 Å². The molecule has 0 fully saturated rings. The Hall–Kier alpha value is -1.36. The van der Waals surface area contributed by atoms with Gasteiger partial charge in [0.25, 0.3) is 0 Å². The van der Waals surface area contributed by atoms with Crippen molar-refractivity contribution in [1.82, 2.24) is 5.32 Å². The molecule has 0 aliphatic rings. The number of allylic oxidation sites excluding steroid dienone is 1. The van der Waals surface area contributed by atoms with Gasteiger partial charge in [0.2, 0.25) is 0 Å². The van der Waals surface area contributed by atoms with Gasteiger partial charge >= 0.3 is 0 Å². The highest BCUT2D eigenvalue weighted by Crippen LogP contribution is 2.02. The van der Waals surface area contributed by atoms with Gasteiger partial charge in [-0.2, -0.15) is 5.26 Å². The molecule has 0 amide bonds. The number of nitrogens with one attached hydrogen (secondary N) is 2. The molecule has 0 saturated heterocycles. The van der Waals surface area contributed by atoms with Crippen LogP contribution in [0.5, 0.6) is 0 Å². The van der Waals surface area contributed by atoms with Gasteiger partial charge in [-0.3, -0.25) is 4.99 Å². The van der Waals surface area contributed by atoms with Crippen molar-refractivity contribution in [2.24, 2.45) is 10.7 Å². The summed E-state index contributed by atoms with van der Waals surface area (Å²) in [6.07, 6.45) is 3.92. The summed E-state index contributed by atoms with van der Waals surface area (Å²) in [5, 5.41) is 18.3. The van der Waals surface area contributed by atoms with Crippen LogP contribution in [0.1, 0.15) is 0 Å². The summed E-state index contributed by atoms with van der Waals surface area (Å²) >= 11 is 2.07. The zero-order valence-corrected chi connectivity index (χ0v) is 10.4. The van der Waals surface area contributed by atoms with Crippen molar-refractivity contribution < 1.29 is 0 Å². The maximum absolute atomic E-state index is 8.53. The Kier molecular flexibility index (Phi) is 7.27. The lowest BCUT2D eigenvalue weighted by molar-refractivity contribution is 0.960. The average molecular weight is 317 g/mol. The van der Waals surface area contributed by atoms with E-state index in [9.17, 15) is 0 Å². The molecule has 0 aliphatic heterocycles. The number of halogens is 1. The van der Waals surface area contributed by atoms with Crippen LogP contribution in [0.4, 0.5) is 0 Å². The molecule has 6 heteroatoms. The normalized spacial score (nSPS) is 13.3. The number of nitriles is 1. The Labute approximate surface area is 102 Å². The zero-order chi connectivity index (χ0) is 11.7. The highest BCUT2D eigenvalue weighted by molar-refractivity contribution is 14.1. The lowest BCUT2D eigenvalue weighted by Crippen LogP contribution is -2.15. The van der Waals surface area contributed by atoms with E-state index in [4.69, 9.17) is 16.4 Å². The second-order valence-electron chi connectivity index (χ2n) is 2.44. The van der Waals surface area contributed by atoms with Crippen LogP contribution < -0.4 is 11.1 Å². The quantitative estimate of drug-likeness (QED) is 0.400. The third kappa shape index (κ3) is 5.17. The Bertz CT molecular complexity index is 348. The van der Waals surface area contributed by atoms with Crippen LogP contribution in [0.2, 0.25) is 0 Å². The van der Waals surface area contributed by atoms with E-state index < -0.39 is 0 Å². The molecular formula is C9H12IN5. The standard InChI is InChI=1S/C9H12IN5/c1-14-9(10)8(4-13)6-15-5-7(2-11)3-12/h2,4-5,11,15H,6,13H2,1H3/b7-5+,8-4?,11-2?,14-9?. The predicted octanol–water partition coefficient (Wildman–Crippen LogP) is 0.939. The van der Waals surface area contributed by atoms with Gasteiger partial charge in [0.1, 0.15) is 9.79 Å². The van der Waals surface area contributed by atoms with E-state index in [1.54, 1.807) is 7.05 Å². The van der Waals surface area contributed by atoms with Gasteiger partial charge in [-0.15, -0.1) is 0 Å². The molecule has 80 valence electrons. The second-order valence-corrected chi connectivity index (χ2v) is 3.46. The van der Waals surface area contributed by atoms with Crippen molar-refractivity contribution >= 4 is 32.5 Å². The van der Waals surface area contributed by atoms with Gasteiger partial charge in [-0.25, -0.2) is 0 Å². The summed E-state index contributed by atoms with van der Waals surface area (Å²) in [6.45, 7) is 0.477. The van der Waals surface area contributed by atoms with Crippen molar-refractivity contribution in [3.05, 3.63) is 23.5 Å². The van der Waals surface area contributed by atoms with E-state index in [0.29, 0.717) is 6.54 Å². The molecule has 5 nitrogen and oxygen atoms in total. The lowest BCUT2D eigenvalue weighted by atomic mass is 10.3. The van der Waals surface area contributed by atoms with Crippen molar-refractivity contribution in [3.8, 4) is 6.07 Å². The minimum Gasteiger partial charge on any atom is -0.404 e. The van der Waals surface area contributed by atoms with Crippen molar-refractivity contribution in [2.45, 2.75) is 0 Å². The molecule has 4 N–H and O–H groups in total. The monoisotopic (exact) mass is 317 g/mol. The van der Waals surface area contributed by atoms with Gasteiger partial charge in [0.05, 0.1) is 5.57 Å². The Morgan fingerprint density at radius 3 is 2.80 bits per heavy atom. The first kappa shape index (κ1) is 13.6. The molecule has 0 aromatic heterocycles. The van der Waals surface area contributed by atoms with Gasteiger partial charge in [-0.1, -0.05) is 0 Å². The van der Waals surface area contributed by atoms with Crippen LogP contribution >= 0.6 is 22.6 Å². The van der Waals surface area contributed by atoms with E-state index in [2.05, 4.69) is 32.9 Å². The first-order chi connectivity index (χ1) is 7.19. The molecule has 0 rings (SSSR count). The summed E-state index contributed by atoms with van der Waals surface area (Å²) in [7, 11) is 1.68. The van der Waals surface area contributed by atoms with E-state index in [0.717, 1.165) is 15.5 Å². The molecule has 0 spiro atoms. The molecule has 0 saturated carbocycles. The minimum absolute atomic E-state index is 0.259. The van der Waals surface area contributed by atoms with E-state index in [-0.39, 0.29) is 5.57 Å². The molecular weight excluding hydrogens is 305 g/mol. The fraction of sp³-hybridized carbons (Fsp3) is 0.222. The van der Waals surface area contributed by atoms with Crippen LogP contribution in [-0.2, 0) is 0 Å². The first-order valence-electron chi connectivity index (χ1n) is 4.07. The Morgan fingerprint density at radius 1 is 1.73 bits per heavy atom. The lowest BCUT2D eigenvalue weighted by Gasteiger charge is -2.04. The fourth-order valence-electron chi connectivity index (χ4n) is 0.721. The van der Waals surface area contributed by atoms with E-state index in [1.165, 1.54) is 12.4 Å². The number of rotatable bonds is 5. The number of nitrogens with zero attached hydrogens (tertiary/aromatic N) is 2. The summed E-state index contributed by atoms with van der Waals surface area (Å²) in [6, 6.07) is 1.86. The zero-order valence-electron chi connectivity index (χ0n) is 8.29. The summed E-state index contributed by atoms with van der Waals surface area (Å²) in [4.78, 5) is 3.98. The van der Waals surface area contributed by atoms with Crippen LogP contribution in [0.25, 0.3) is 0 Å². The van der Waals surface area contributed by atoms with Crippen molar-refractivity contribution in [2.75, 3.05) is 13.6 Å². The number of hydrogen-bond donors (Lipinski definition) is 3. The van der Waals surface area contributed by atoms with E-state index >= 15 is 0 Å². The highest BCUT2D eigenvalue weighted by Gasteiger charge is 2.00. The summed E-state index contributed by atoms with van der Waals surface area (Å²) < 4.78 is 0.810. The fourth-order valence-corrected chi connectivity index (χ4v) is 1.09. The number of hydrogen-bond acceptors (Lipinski definition) is 5. The van der Waals surface area contributed by atoms with Gasteiger partial charge in [-0.05, 0) is 22.6 Å². The molecule has 0 aliphatic carbocycles. The molecule has 15 heavy (non-hydrogen) atoms. The van der Waals surface area contributed by atoms with Gasteiger partial charge in [0.15, 0.2) is 0 Å². The summed E-state index contributed by atoms with van der Waals surface area (Å²) in [5.74, 6) is 0. The SMILES string of the molecule is CN=C(I)C(=CN)CN/C=C(/C#N)C=N. The van der Waals surface area contributed by atoms with Gasteiger partial charge < -0.3 is 16.5 Å². The Morgan fingerprint density at radius 2 is 2.40 bits per heavy atom. The summed E-state index contributed by atoms with van der Waals surface area (Å²) in [5.41, 5.74) is 6.52. The topological polar surface area (TPSA) is 98.0 Å². The molecule has 0 aromatic carbocycles. The third-order valence-corrected chi connectivity index (χ3v) is 2.67. The van der Waals surface area contributed by atoms with E-state index in [1.807, 2.05) is 6.07 Å². The Balaban J connectivity index is 4.34. The maximum Gasteiger partial charge on any atom is 0.102 e. The molecule has 0 aromatic rings.